The lowest BCUT2D eigenvalue weighted by Gasteiger charge is -2.29. The summed E-state index contributed by atoms with van der Waals surface area (Å²) in [5.41, 5.74) is 1.75. The molecule has 4 rings (SSSR count). The Hall–Kier alpha value is -2.21. The summed E-state index contributed by atoms with van der Waals surface area (Å²) >= 11 is 1.51. The van der Waals surface area contributed by atoms with Gasteiger partial charge in [-0.2, -0.15) is 0 Å². The number of amides is 1. The molecule has 1 fully saturated rings. The smallest absolute Gasteiger partial charge is 0.257 e. The molecular formula is C20H22N2O3S. The lowest BCUT2D eigenvalue weighted by Crippen LogP contribution is -2.38. The molecule has 2 aliphatic rings. The zero-order valence-corrected chi connectivity index (χ0v) is 15.6. The largest absolute Gasteiger partial charge is 0.454 e. The van der Waals surface area contributed by atoms with Crippen LogP contribution in [0.3, 0.4) is 0 Å². The number of benzene rings is 1. The fraction of sp³-hybridized carbons (Fsp3) is 0.400. The van der Waals surface area contributed by atoms with Crippen molar-refractivity contribution in [3.8, 4) is 11.5 Å². The van der Waals surface area contributed by atoms with Gasteiger partial charge in [-0.3, -0.25) is 4.79 Å². The lowest BCUT2D eigenvalue weighted by molar-refractivity contribution is 0.0660. The van der Waals surface area contributed by atoms with Crippen molar-refractivity contribution in [3.63, 3.8) is 0 Å². The first-order valence-electron chi connectivity index (χ1n) is 8.95. The van der Waals surface area contributed by atoms with Gasteiger partial charge in [0.05, 0.1) is 5.56 Å². The Labute approximate surface area is 157 Å². The number of nitrogens with zero attached hydrogens (tertiary/aromatic N) is 2. The average molecular weight is 370 g/mol. The second-order valence-corrected chi connectivity index (χ2v) is 7.41. The minimum absolute atomic E-state index is 0.0621. The van der Waals surface area contributed by atoms with E-state index < -0.39 is 0 Å². The number of hydrogen-bond acceptors (Lipinski definition) is 5. The van der Waals surface area contributed by atoms with E-state index in [1.165, 1.54) is 24.6 Å². The third-order valence-electron chi connectivity index (χ3n) is 5.01. The molecule has 1 saturated carbocycles. The number of carbonyl (C=O) groups excluding carboxylic acids is 1. The summed E-state index contributed by atoms with van der Waals surface area (Å²) in [7, 11) is 0. The Morgan fingerprint density at radius 1 is 1.23 bits per heavy atom. The number of carbonyl (C=O) groups is 1. The number of hydrogen-bond donors (Lipinski definition) is 0. The van der Waals surface area contributed by atoms with E-state index in [1.54, 1.807) is 6.20 Å². The Kier molecular flexibility index (Phi) is 5.02. The molecule has 1 aliphatic carbocycles. The molecule has 0 saturated heterocycles. The van der Waals surface area contributed by atoms with E-state index in [9.17, 15) is 4.79 Å². The quantitative estimate of drug-likeness (QED) is 0.741. The van der Waals surface area contributed by atoms with E-state index in [2.05, 4.69) is 4.98 Å². The average Bonchev–Trinajstić information content (AvgIpc) is 3.36. The Morgan fingerprint density at radius 2 is 2.04 bits per heavy atom. The van der Waals surface area contributed by atoms with Gasteiger partial charge in [0.1, 0.15) is 5.03 Å². The van der Waals surface area contributed by atoms with Crippen molar-refractivity contribution >= 4 is 17.7 Å². The SMILES string of the molecule is CSc1ncccc1C(=O)N(Cc1ccc2c(c1)OCO2)C1CCCC1. The third-order valence-corrected chi connectivity index (χ3v) is 5.72. The van der Waals surface area contributed by atoms with Crippen molar-refractivity contribution in [2.75, 3.05) is 13.0 Å². The maximum Gasteiger partial charge on any atom is 0.257 e. The predicted octanol–water partition coefficient (Wildman–Crippen LogP) is 4.12. The van der Waals surface area contributed by atoms with Gasteiger partial charge >= 0.3 is 0 Å². The molecule has 1 amide bonds. The number of ether oxygens (including phenoxy) is 2. The molecule has 0 unspecified atom stereocenters. The molecule has 0 N–H and O–H groups in total. The van der Waals surface area contributed by atoms with E-state index in [1.807, 2.05) is 41.5 Å². The van der Waals surface area contributed by atoms with E-state index in [0.29, 0.717) is 12.1 Å². The van der Waals surface area contributed by atoms with Crippen LogP contribution in [0.2, 0.25) is 0 Å². The van der Waals surface area contributed by atoms with Crippen LogP contribution in [0.25, 0.3) is 0 Å². The second kappa shape index (κ2) is 7.58. The molecule has 1 aromatic heterocycles. The minimum atomic E-state index is 0.0621. The van der Waals surface area contributed by atoms with E-state index >= 15 is 0 Å². The number of rotatable bonds is 5. The van der Waals surface area contributed by atoms with E-state index in [-0.39, 0.29) is 18.7 Å². The summed E-state index contributed by atoms with van der Waals surface area (Å²) in [6, 6.07) is 9.91. The molecule has 2 aromatic rings. The zero-order valence-electron chi connectivity index (χ0n) is 14.8. The van der Waals surface area contributed by atoms with E-state index in [0.717, 1.165) is 34.9 Å². The van der Waals surface area contributed by atoms with Crippen molar-refractivity contribution < 1.29 is 14.3 Å². The lowest BCUT2D eigenvalue weighted by atomic mass is 10.1. The van der Waals surface area contributed by atoms with Crippen LogP contribution in [0.4, 0.5) is 0 Å². The summed E-state index contributed by atoms with van der Waals surface area (Å²) in [5, 5.41) is 0.784. The first kappa shape index (κ1) is 17.2. The van der Waals surface area contributed by atoms with Gasteiger partial charge in [0, 0.05) is 18.8 Å². The topological polar surface area (TPSA) is 51.7 Å². The van der Waals surface area contributed by atoms with Crippen LogP contribution >= 0.6 is 11.8 Å². The molecule has 0 bridgehead atoms. The molecule has 1 aromatic carbocycles. The zero-order chi connectivity index (χ0) is 17.9. The molecule has 2 heterocycles. The molecule has 6 heteroatoms. The normalized spacial score (nSPS) is 16.0. The van der Waals surface area contributed by atoms with Crippen molar-refractivity contribution in [2.24, 2.45) is 0 Å². The first-order valence-corrected chi connectivity index (χ1v) is 10.2. The highest BCUT2D eigenvalue weighted by Gasteiger charge is 2.29. The number of thioether (sulfide) groups is 1. The van der Waals surface area contributed by atoms with Gasteiger partial charge in [0.25, 0.3) is 5.91 Å². The van der Waals surface area contributed by atoms with Gasteiger partial charge in [-0.15, -0.1) is 11.8 Å². The standard InChI is InChI=1S/C20H22N2O3S/c1-26-19-16(7-4-10-21-19)20(23)22(15-5-2-3-6-15)12-14-8-9-17-18(11-14)25-13-24-17/h4,7-11,15H,2-3,5-6,12-13H2,1H3. The molecule has 0 spiro atoms. The van der Waals surface area contributed by atoms with Crippen LogP contribution in [-0.2, 0) is 6.54 Å². The van der Waals surface area contributed by atoms with Crippen LogP contribution in [0.1, 0.15) is 41.6 Å². The summed E-state index contributed by atoms with van der Waals surface area (Å²) in [5.74, 6) is 1.59. The van der Waals surface area contributed by atoms with Crippen LogP contribution < -0.4 is 9.47 Å². The predicted molar refractivity (Wildman–Crippen MR) is 101 cm³/mol. The summed E-state index contributed by atoms with van der Waals surface area (Å²) < 4.78 is 10.9. The van der Waals surface area contributed by atoms with Gasteiger partial charge in [0.2, 0.25) is 6.79 Å². The molecule has 136 valence electrons. The summed E-state index contributed by atoms with van der Waals surface area (Å²) in [6.07, 6.45) is 8.17. The Bertz CT molecular complexity index is 805. The van der Waals surface area contributed by atoms with Crippen LogP contribution in [0.5, 0.6) is 11.5 Å². The van der Waals surface area contributed by atoms with Crippen molar-refractivity contribution in [3.05, 3.63) is 47.7 Å². The first-order chi connectivity index (χ1) is 12.8. The third kappa shape index (κ3) is 3.38. The van der Waals surface area contributed by atoms with Gasteiger partial charge in [-0.05, 0) is 48.9 Å². The van der Waals surface area contributed by atoms with Crippen LogP contribution in [0, 0.1) is 0 Å². The highest BCUT2D eigenvalue weighted by atomic mass is 32.2. The molecule has 5 nitrogen and oxygen atoms in total. The highest BCUT2D eigenvalue weighted by Crippen LogP contribution is 2.34. The summed E-state index contributed by atoms with van der Waals surface area (Å²) in [6.45, 7) is 0.833. The maximum atomic E-state index is 13.4. The molecule has 0 radical (unpaired) electrons. The number of fused-ring (bicyclic) bond motifs is 1. The van der Waals surface area contributed by atoms with E-state index in [4.69, 9.17) is 9.47 Å². The number of aromatic nitrogens is 1. The molecular weight excluding hydrogens is 348 g/mol. The maximum absolute atomic E-state index is 13.4. The Balaban J connectivity index is 1.63. The van der Waals surface area contributed by atoms with Crippen LogP contribution in [0.15, 0.2) is 41.6 Å². The number of pyridine rings is 1. The molecule has 1 aliphatic heterocycles. The Morgan fingerprint density at radius 3 is 2.85 bits per heavy atom. The fourth-order valence-electron chi connectivity index (χ4n) is 3.69. The van der Waals surface area contributed by atoms with Crippen molar-refractivity contribution in [1.82, 2.24) is 9.88 Å². The second-order valence-electron chi connectivity index (χ2n) is 6.62. The van der Waals surface area contributed by atoms with Crippen molar-refractivity contribution in [2.45, 2.75) is 43.3 Å². The van der Waals surface area contributed by atoms with Gasteiger partial charge in [-0.25, -0.2) is 4.98 Å². The molecule has 26 heavy (non-hydrogen) atoms. The van der Waals surface area contributed by atoms with Gasteiger partial charge in [-0.1, -0.05) is 18.9 Å². The fourth-order valence-corrected chi connectivity index (χ4v) is 4.23. The van der Waals surface area contributed by atoms with Crippen molar-refractivity contribution in [1.29, 1.82) is 0 Å². The summed E-state index contributed by atoms with van der Waals surface area (Å²) in [4.78, 5) is 19.7. The van der Waals surface area contributed by atoms with Crippen LogP contribution in [-0.4, -0.2) is 34.9 Å². The molecule has 0 atom stereocenters. The van der Waals surface area contributed by atoms with Gasteiger partial charge < -0.3 is 14.4 Å². The van der Waals surface area contributed by atoms with Gasteiger partial charge in [0.15, 0.2) is 11.5 Å². The highest BCUT2D eigenvalue weighted by molar-refractivity contribution is 7.98. The minimum Gasteiger partial charge on any atom is -0.454 e. The monoisotopic (exact) mass is 370 g/mol.